The number of aliphatic hydroxyl groups excluding tert-OH is 1. The smallest absolute Gasteiger partial charge is 0.338 e. The number of carbonyl (C=O) groups excluding carboxylic acids is 1. The van der Waals surface area contributed by atoms with Crippen LogP contribution in [0, 0.1) is 0 Å². The molecule has 2 aliphatic heterocycles. The highest BCUT2D eigenvalue weighted by Crippen LogP contribution is 2.37. The SMILES string of the molecule is COc1ccc(COC[C@H](O)[C@@H]2OC(=O)[C@H]3OC(C)(C)O[C@@H]23)cc1. The summed E-state index contributed by atoms with van der Waals surface area (Å²) in [6.07, 6.45) is -3.19. The molecule has 2 heterocycles. The molecule has 0 radical (unpaired) electrons. The molecule has 0 bridgehead atoms. The van der Waals surface area contributed by atoms with Crippen molar-refractivity contribution >= 4 is 5.97 Å². The summed E-state index contributed by atoms with van der Waals surface area (Å²) in [6, 6.07) is 7.44. The lowest BCUT2D eigenvalue weighted by Gasteiger charge is -2.24. The van der Waals surface area contributed by atoms with Crippen LogP contribution < -0.4 is 4.74 Å². The van der Waals surface area contributed by atoms with Gasteiger partial charge in [-0.25, -0.2) is 4.79 Å². The molecule has 1 aromatic carbocycles. The van der Waals surface area contributed by atoms with Crippen molar-refractivity contribution in [2.24, 2.45) is 0 Å². The second-order valence-electron chi connectivity index (χ2n) is 6.35. The van der Waals surface area contributed by atoms with E-state index in [1.807, 2.05) is 24.3 Å². The molecule has 0 aromatic heterocycles. The van der Waals surface area contributed by atoms with Crippen molar-refractivity contribution in [2.75, 3.05) is 13.7 Å². The minimum absolute atomic E-state index is 0.0248. The number of carbonyl (C=O) groups is 1. The number of aliphatic hydroxyl groups is 1. The van der Waals surface area contributed by atoms with E-state index in [-0.39, 0.29) is 6.61 Å². The predicted octanol–water partition coefficient (Wildman–Crippen LogP) is 1.02. The molecule has 1 aromatic rings. The van der Waals surface area contributed by atoms with Gasteiger partial charge in [0.2, 0.25) is 0 Å². The van der Waals surface area contributed by atoms with Crippen molar-refractivity contribution < 1.29 is 33.6 Å². The third-order valence-corrected chi connectivity index (χ3v) is 4.03. The summed E-state index contributed by atoms with van der Waals surface area (Å²) >= 11 is 0. The molecule has 2 aliphatic rings. The summed E-state index contributed by atoms with van der Waals surface area (Å²) in [7, 11) is 1.61. The first kappa shape index (κ1) is 17.2. The molecule has 0 aliphatic carbocycles. The third kappa shape index (κ3) is 3.54. The first-order valence-electron chi connectivity index (χ1n) is 7.84. The number of methoxy groups -OCH3 is 1. The van der Waals surface area contributed by atoms with E-state index in [1.165, 1.54) is 0 Å². The number of cyclic esters (lactones) is 1. The molecule has 0 spiro atoms. The van der Waals surface area contributed by atoms with Crippen LogP contribution in [0.1, 0.15) is 19.4 Å². The van der Waals surface area contributed by atoms with Crippen LogP contribution >= 0.6 is 0 Å². The zero-order valence-electron chi connectivity index (χ0n) is 13.9. The molecule has 0 saturated carbocycles. The summed E-state index contributed by atoms with van der Waals surface area (Å²) in [6.45, 7) is 3.81. The lowest BCUT2D eigenvalue weighted by molar-refractivity contribution is -0.196. The van der Waals surface area contributed by atoms with Crippen LogP contribution in [0.2, 0.25) is 0 Å². The normalized spacial score (nSPS) is 29.2. The Bertz CT molecular complexity index is 583. The minimum Gasteiger partial charge on any atom is -0.497 e. The molecule has 7 nitrogen and oxygen atoms in total. The maximum absolute atomic E-state index is 11.8. The van der Waals surface area contributed by atoms with Crippen molar-refractivity contribution in [1.29, 1.82) is 0 Å². The Morgan fingerprint density at radius 3 is 2.62 bits per heavy atom. The van der Waals surface area contributed by atoms with Gasteiger partial charge in [-0.1, -0.05) is 12.1 Å². The highest BCUT2D eigenvalue weighted by atomic mass is 16.8. The molecule has 0 unspecified atom stereocenters. The van der Waals surface area contributed by atoms with Gasteiger partial charge in [0.25, 0.3) is 0 Å². The Balaban J connectivity index is 1.51. The van der Waals surface area contributed by atoms with Crippen LogP contribution in [-0.2, 0) is 30.3 Å². The Morgan fingerprint density at radius 2 is 1.96 bits per heavy atom. The van der Waals surface area contributed by atoms with E-state index in [0.29, 0.717) is 6.61 Å². The maximum atomic E-state index is 11.8. The fourth-order valence-electron chi connectivity index (χ4n) is 2.89. The van der Waals surface area contributed by atoms with E-state index in [1.54, 1.807) is 21.0 Å². The molecule has 2 saturated heterocycles. The zero-order valence-corrected chi connectivity index (χ0v) is 13.9. The van der Waals surface area contributed by atoms with E-state index in [0.717, 1.165) is 11.3 Å². The first-order chi connectivity index (χ1) is 11.4. The number of hydrogen-bond donors (Lipinski definition) is 1. The van der Waals surface area contributed by atoms with Gasteiger partial charge in [-0.3, -0.25) is 0 Å². The van der Waals surface area contributed by atoms with Gasteiger partial charge in [0.05, 0.1) is 20.3 Å². The average molecular weight is 338 g/mol. The van der Waals surface area contributed by atoms with Crippen molar-refractivity contribution in [2.45, 2.75) is 50.7 Å². The monoisotopic (exact) mass is 338 g/mol. The Hall–Kier alpha value is -1.67. The highest BCUT2D eigenvalue weighted by Gasteiger charge is 2.57. The molecule has 24 heavy (non-hydrogen) atoms. The standard InChI is InChI=1S/C17H22O7/c1-17(2)23-14-13(22-16(19)15(14)24-17)12(18)9-21-8-10-4-6-11(20-3)7-5-10/h4-7,12-15,18H,8-9H2,1-3H3/t12-,13-,14-,15-/m0/s1. The van der Waals surface area contributed by atoms with E-state index in [4.69, 9.17) is 23.7 Å². The van der Waals surface area contributed by atoms with Gasteiger partial charge in [-0.05, 0) is 31.5 Å². The van der Waals surface area contributed by atoms with Gasteiger partial charge >= 0.3 is 5.97 Å². The summed E-state index contributed by atoms with van der Waals surface area (Å²) in [5.41, 5.74) is 0.950. The van der Waals surface area contributed by atoms with Crippen LogP contribution in [0.4, 0.5) is 0 Å². The van der Waals surface area contributed by atoms with Crippen LogP contribution in [-0.4, -0.2) is 55.0 Å². The number of ether oxygens (including phenoxy) is 5. The molecule has 0 amide bonds. The Morgan fingerprint density at radius 1 is 1.25 bits per heavy atom. The predicted molar refractivity (Wildman–Crippen MR) is 82.4 cm³/mol. The van der Waals surface area contributed by atoms with E-state index in [2.05, 4.69) is 0 Å². The van der Waals surface area contributed by atoms with Crippen molar-refractivity contribution in [1.82, 2.24) is 0 Å². The molecular formula is C17H22O7. The summed E-state index contributed by atoms with van der Waals surface area (Å²) < 4.78 is 27.0. The van der Waals surface area contributed by atoms with Crippen LogP contribution in [0.15, 0.2) is 24.3 Å². The van der Waals surface area contributed by atoms with Crippen molar-refractivity contribution in [3.05, 3.63) is 29.8 Å². The number of fused-ring (bicyclic) bond motifs is 1. The third-order valence-electron chi connectivity index (χ3n) is 4.03. The number of benzene rings is 1. The quantitative estimate of drug-likeness (QED) is 0.775. The molecule has 132 valence electrons. The van der Waals surface area contributed by atoms with Gasteiger partial charge in [0.15, 0.2) is 18.0 Å². The van der Waals surface area contributed by atoms with Gasteiger partial charge in [0.1, 0.15) is 18.0 Å². The molecular weight excluding hydrogens is 316 g/mol. The summed E-state index contributed by atoms with van der Waals surface area (Å²) in [5, 5.41) is 10.3. The van der Waals surface area contributed by atoms with Gasteiger partial charge in [-0.15, -0.1) is 0 Å². The highest BCUT2D eigenvalue weighted by molar-refractivity contribution is 5.78. The van der Waals surface area contributed by atoms with Gasteiger partial charge in [0, 0.05) is 0 Å². The first-order valence-corrected chi connectivity index (χ1v) is 7.84. The van der Waals surface area contributed by atoms with Crippen LogP contribution in [0.25, 0.3) is 0 Å². The van der Waals surface area contributed by atoms with E-state index in [9.17, 15) is 9.90 Å². The molecule has 3 rings (SSSR count). The molecule has 1 N–H and O–H groups in total. The molecule has 7 heteroatoms. The van der Waals surface area contributed by atoms with E-state index >= 15 is 0 Å². The van der Waals surface area contributed by atoms with Gasteiger partial charge < -0.3 is 28.8 Å². The van der Waals surface area contributed by atoms with Crippen LogP contribution in [0.5, 0.6) is 5.75 Å². The lowest BCUT2D eigenvalue weighted by Crippen LogP contribution is -2.41. The number of esters is 1. The fourth-order valence-corrected chi connectivity index (χ4v) is 2.89. The lowest BCUT2D eigenvalue weighted by atomic mass is 10.1. The zero-order chi connectivity index (χ0) is 17.3. The van der Waals surface area contributed by atoms with Crippen molar-refractivity contribution in [3.63, 3.8) is 0 Å². The van der Waals surface area contributed by atoms with Gasteiger partial charge in [-0.2, -0.15) is 0 Å². The molecule has 4 atom stereocenters. The minimum atomic E-state index is -0.986. The van der Waals surface area contributed by atoms with Crippen molar-refractivity contribution in [3.8, 4) is 5.75 Å². The Kier molecular flexibility index (Phi) is 4.78. The topological polar surface area (TPSA) is 83.5 Å². The number of rotatable bonds is 6. The molecule has 2 fully saturated rings. The largest absolute Gasteiger partial charge is 0.497 e. The average Bonchev–Trinajstić information content (AvgIpc) is 3.02. The van der Waals surface area contributed by atoms with E-state index < -0.39 is 36.2 Å². The summed E-state index contributed by atoms with van der Waals surface area (Å²) in [4.78, 5) is 11.8. The summed E-state index contributed by atoms with van der Waals surface area (Å²) in [5.74, 6) is -0.607. The second-order valence-corrected chi connectivity index (χ2v) is 6.35. The number of hydrogen-bond acceptors (Lipinski definition) is 7. The second kappa shape index (κ2) is 6.68. The fraction of sp³-hybridized carbons (Fsp3) is 0.588. The maximum Gasteiger partial charge on any atom is 0.338 e. The Labute approximate surface area is 140 Å². The van der Waals surface area contributed by atoms with Crippen LogP contribution in [0.3, 0.4) is 0 Å².